The van der Waals surface area contributed by atoms with E-state index in [4.69, 9.17) is 0 Å². The van der Waals surface area contributed by atoms with Gasteiger partial charge in [-0.25, -0.2) is 0 Å². The number of benzene rings is 1. The van der Waals surface area contributed by atoms with Crippen LogP contribution in [-0.4, -0.2) is 58.7 Å². The lowest BCUT2D eigenvalue weighted by atomic mass is 9.87. The van der Waals surface area contributed by atoms with Gasteiger partial charge in [-0.3, -0.25) is 14.4 Å². The Kier molecular flexibility index (Phi) is 5.38. The molecule has 3 amide bonds. The van der Waals surface area contributed by atoms with Crippen molar-refractivity contribution >= 4 is 17.7 Å². The molecule has 1 N–H and O–H groups in total. The molecule has 3 heterocycles. The number of nitrogens with zero attached hydrogens (tertiary/aromatic N) is 2. The Morgan fingerprint density at radius 3 is 2.50 bits per heavy atom. The first-order valence-electron chi connectivity index (χ1n) is 10.5. The summed E-state index contributed by atoms with van der Waals surface area (Å²) in [5.74, 6) is 0.163. The van der Waals surface area contributed by atoms with Crippen LogP contribution in [0.15, 0.2) is 30.3 Å². The van der Waals surface area contributed by atoms with Gasteiger partial charge in [0.25, 0.3) is 0 Å². The molecule has 150 valence electrons. The molecule has 0 unspecified atom stereocenters. The van der Waals surface area contributed by atoms with Gasteiger partial charge in [-0.15, -0.1) is 0 Å². The standard InChI is InChI=1S/C22H29N3O3/c1-15(26)24-13-7-3-6-10-19-21(24)17(16-8-4-2-5-9-16)14-25(19)22(28)18-11-12-20(27)23-18/h2,4-5,8-9,17-19,21H,3,6-7,10-14H2,1H3,(H,23,27)/t17-,18+,19+,21-/m0/s1. The molecule has 6 nitrogen and oxygen atoms in total. The zero-order chi connectivity index (χ0) is 19.7. The summed E-state index contributed by atoms with van der Waals surface area (Å²) >= 11 is 0. The highest BCUT2D eigenvalue weighted by atomic mass is 16.2. The topological polar surface area (TPSA) is 69.7 Å². The summed E-state index contributed by atoms with van der Waals surface area (Å²) in [6.07, 6.45) is 5.04. The van der Waals surface area contributed by atoms with Crippen molar-refractivity contribution in [2.75, 3.05) is 13.1 Å². The first-order valence-corrected chi connectivity index (χ1v) is 10.5. The molecule has 0 spiro atoms. The summed E-state index contributed by atoms with van der Waals surface area (Å²) in [6.45, 7) is 3.00. The van der Waals surface area contributed by atoms with E-state index in [0.717, 1.165) is 32.2 Å². The Bertz CT molecular complexity index is 751. The maximum absolute atomic E-state index is 13.3. The number of hydrogen-bond donors (Lipinski definition) is 1. The molecule has 4 rings (SSSR count). The maximum Gasteiger partial charge on any atom is 0.245 e. The molecule has 0 saturated carbocycles. The lowest BCUT2D eigenvalue weighted by Gasteiger charge is -2.39. The third-order valence-electron chi connectivity index (χ3n) is 6.57. The molecule has 3 aliphatic rings. The van der Waals surface area contributed by atoms with Crippen molar-refractivity contribution in [2.24, 2.45) is 0 Å². The minimum atomic E-state index is -0.418. The highest BCUT2D eigenvalue weighted by Gasteiger charge is 2.49. The first-order chi connectivity index (χ1) is 13.6. The highest BCUT2D eigenvalue weighted by Crippen LogP contribution is 2.39. The highest BCUT2D eigenvalue weighted by molar-refractivity contribution is 5.91. The fraction of sp³-hybridized carbons (Fsp3) is 0.591. The van der Waals surface area contributed by atoms with Crippen LogP contribution in [0.25, 0.3) is 0 Å². The normalized spacial score (nSPS) is 30.4. The van der Waals surface area contributed by atoms with Crippen LogP contribution >= 0.6 is 0 Å². The van der Waals surface area contributed by atoms with Gasteiger partial charge in [0, 0.05) is 32.4 Å². The first kappa shape index (κ1) is 19.0. The Balaban J connectivity index is 1.69. The van der Waals surface area contributed by atoms with Crippen LogP contribution in [0.5, 0.6) is 0 Å². The SMILES string of the molecule is CC(=O)N1CCCCC[C@@H]2[C@@H]1[C@H](c1ccccc1)CN2C(=O)[C@H]1CCC(=O)N1. The van der Waals surface area contributed by atoms with Crippen molar-refractivity contribution in [2.45, 2.75) is 69.5 Å². The number of nitrogens with one attached hydrogen (secondary N) is 1. The van der Waals surface area contributed by atoms with Gasteiger partial charge >= 0.3 is 0 Å². The Labute approximate surface area is 166 Å². The number of fused-ring (bicyclic) bond motifs is 1. The average Bonchev–Trinajstić information content (AvgIpc) is 3.25. The average molecular weight is 383 g/mol. The van der Waals surface area contributed by atoms with Crippen molar-refractivity contribution in [3.63, 3.8) is 0 Å². The summed E-state index contributed by atoms with van der Waals surface area (Å²) in [6, 6.07) is 9.84. The van der Waals surface area contributed by atoms with Gasteiger partial charge in [0.15, 0.2) is 0 Å². The molecule has 0 bridgehead atoms. The van der Waals surface area contributed by atoms with Crippen LogP contribution in [0.2, 0.25) is 0 Å². The molecule has 3 saturated heterocycles. The molecule has 0 aromatic heterocycles. The van der Waals surface area contributed by atoms with E-state index in [-0.39, 0.29) is 35.7 Å². The van der Waals surface area contributed by atoms with Gasteiger partial charge in [-0.05, 0) is 24.8 Å². The third kappa shape index (κ3) is 3.52. The van der Waals surface area contributed by atoms with E-state index in [9.17, 15) is 14.4 Å². The number of likely N-dealkylation sites (tertiary alicyclic amines) is 2. The Morgan fingerprint density at radius 2 is 1.82 bits per heavy atom. The van der Waals surface area contributed by atoms with E-state index in [1.165, 1.54) is 5.56 Å². The second kappa shape index (κ2) is 7.94. The zero-order valence-electron chi connectivity index (χ0n) is 16.5. The summed E-state index contributed by atoms with van der Waals surface area (Å²) in [5.41, 5.74) is 1.18. The molecule has 1 aromatic rings. The minimum absolute atomic E-state index is 0.00116. The fourth-order valence-corrected chi connectivity index (χ4v) is 5.24. The number of carbonyl (C=O) groups excluding carboxylic acids is 3. The molecule has 1 aromatic carbocycles. The van der Waals surface area contributed by atoms with Gasteiger partial charge in [-0.2, -0.15) is 0 Å². The number of hydrogen-bond acceptors (Lipinski definition) is 3. The van der Waals surface area contributed by atoms with Crippen molar-refractivity contribution in [3.8, 4) is 0 Å². The molecule has 4 atom stereocenters. The van der Waals surface area contributed by atoms with Crippen molar-refractivity contribution in [1.82, 2.24) is 15.1 Å². The van der Waals surface area contributed by atoms with Crippen LogP contribution in [0, 0.1) is 0 Å². The van der Waals surface area contributed by atoms with Gasteiger partial charge in [-0.1, -0.05) is 43.2 Å². The van der Waals surface area contributed by atoms with Gasteiger partial charge in [0.2, 0.25) is 17.7 Å². The van der Waals surface area contributed by atoms with Gasteiger partial charge < -0.3 is 15.1 Å². The second-order valence-corrected chi connectivity index (χ2v) is 8.29. The Hall–Kier alpha value is -2.37. The third-order valence-corrected chi connectivity index (χ3v) is 6.57. The van der Waals surface area contributed by atoms with Crippen LogP contribution < -0.4 is 5.32 Å². The van der Waals surface area contributed by atoms with Crippen LogP contribution in [0.1, 0.15) is 56.9 Å². The molecular formula is C22H29N3O3. The van der Waals surface area contributed by atoms with Crippen molar-refractivity contribution < 1.29 is 14.4 Å². The van der Waals surface area contributed by atoms with Gasteiger partial charge in [0.05, 0.1) is 12.1 Å². The lowest BCUT2D eigenvalue weighted by Crippen LogP contribution is -2.53. The molecule has 3 aliphatic heterocycles. The van der Waals surface area contributed by atoms with E-state index in [1.807, 2.05) is 28.0 Å². The summed E-state index contributed by atoms with van der Waals surface area (Å²) in [5, 5.41) is 2.83. The van der Waals surface area contributed by atoms with Crippen molar-refractivity contribution in [1.29, 1.82) is 0 Å². The molecule has 0 radical (unpaired) electrons. The minimum Gasteiger partial charge on any atom is -0.344 e. The largest absolute Gasteiger partial charge is 0.344 e. The molecule has 3 fully saturated rings. The quantitative estimate of drug-likeness (QED) is 0.850. The van der Waals surface area contributed by atoms with E-state index < -0.39 is 6.04 Å². The smallest absolute Gasteiger partial charge is 0.245 e. The van der Waals surface area contributed by atoms with E-state index >= 15 is 0 Å². The van der Waals surface area contributed by atoms with E-state index in [0.29, 0.717) is 19.4 Å². The van der Waals surface area contributed by atoms with Crippen LogP contribution in [0.4, 0.5) is 0 Å². The monoisotopic (exact) mass is 383 g/mol. The molecule has 6 heteroatoms. The second-order valence-electron chi connectivity index (χ2n) is 8.29. The lowest BCUT2D eigenvalue weighted by molar-refractivity contribution is -0.138. The maximum atomic E-state index is 13.3. The predicted molar refractivity (Wildman–Crippen MR) is 105 cm³/mol. The molecule has 28 heavy (non-hydrogen) atoms. The number of carbonyl (C=O) groups is 3. The summed E-state index contributed by atoms with van der Waals surface area (Å²) < 4.78 is 0. The molecular weight excluding hydrogens is 354 g/mol. The zero-order valence-corrected chi connectivity index (χ0v) is 16.5. The summed E-state index contributed by atoms with van der Waals surface area (Å²) in [7, 11) is 0. The van der Waals surface area contributed by atoms with Crippen molar-refractivity contribution in [3.05, 3.63) is 35.9 Å². The Morgan fingerprint density at radius 1 is 1.04 bits per heavy atom. The van der Waals surface area contributed by atoms with Crippen LogP contribution in [-0.2, 0) is 14.4 Å². The number of rotatable bonds is 2. The van der Waals surface area contributed by atoms with Crippen LogP contribution in [0.3, 0.4) is 0 Å². The number of amides is 3. The van der Waals surface area contributed by atoms with Gasteiger partial charge in [0.1, 0.15) is 6.04 Å². The van der Waals surface area contributed by atoms with E-state index in [2.05, 4.69) is 17.4 Å². The summed E-state index contributed by atoms with van der Waals surface area (Å²) in [4.78, 5) is 41.5. The predicted octanol–water partition coefficient (Wildman–Crippen LogP) is 2.05. The fourth-order valence-electron chi connectivity index (χ4n) is 5.24. The van der Waals surface area contributed by atoms with E-state index in [1.54, 1.807) is 6.92 Å². The molecule has 0 aliphatic carbocycles.